The third-order valence-electron chi connectivity index (χ3n) is 6.63. The predicted octanol–water partition coefficient (Wildman–Crippen LogP) is 4.20. The molecule has 2 aromatic carbocycles. The van der Waals surface area contributed by atoms with E-state index in [1.54, 1.807) is 37.3 Å². The number of carbonyl (C=O) groups excluding carboxylic acids is 2. The van der Waals surface area contributed by atoms with Crippen molar-refractivity contribution in [2.75, 3.05) is 17.1 Å². The fourth-order valence-electron chi connectivity index (χ4n) is 4.28. The quantitative estimate of drug-likeness (QED) is 0.538. The predicted molar refractivity (Wildman–Crippen MR) is 140 cm³/mol. The maximum absolute atomic E-state index is 13.6. The third kappa shape index (κ3) is 6.98. The standard InChI is InChI=1S/C26H34ClN3O4S/c1-18-13-14-23(15-19(18)2)30(35(4,33)34)17-25(31)29(16-21-9-5-8-12-24(21)27)20(3)26(32)28-22-10-6-7-11-22/h5,8-9,12-15,20,22H,6-7,10-11,16-17H2,1-4H3,(H,28,32)/t20-/m1/s1. The zero-order valence-corrected chi connectivity index (χ0v) is 22.3. The van der Waals surface area contributed by atoms with Gasteiger partial charge < -0.3 is 10.2 Å². The first kappa shape index (κ1) is 27.0. The van der Waals surface area contributed by atoms with Crippen LogP contribution >= 0.6 is 11.6 Å². The van der Waals surface area contributed by atoms with Gasteiger partial charge in [-0.15, -0.1) is 0 Å². The van der Waals surface area contributed by atoms with E-state index in [1.165, 1.54) is 4.90 Å². The van der Waals surface area contributed by atoms with Crippen molar-refractivity contribution < 1.29 is 18.0 Å². The van der Waals surface area contributed by atoms with Gasteiger partial charge >= 0.3 is 0 Å². The number of hydrogen-bond acceptors (Lipinski definition) is 4. The molecule has 0 bridgehead atoms. The van der Waals surface area contributed by atoms with Gasteiger partial charge in [-0.3, -0.25) is 13.9 Å². The molecule has 0 spiro atoms. The van der Waals surface area contributed by atoms with E-state index in [2.05, 4.69) is 5.32 Å². The SMILES string of the molecule is Cc1ccc(N(CC(=O)N(Cc2ccccc2Cl)[C@H](C)C(=O)NC2CCCC2)S(C)(=O)=O)cc1C. The summed E-state index contributed by atoms with van der Waals surface area (Å²) in [7, 11) is -3.76. The molecular weight excluding hydrogens is 486 g/mol. The molecule has 2 aromatic rings. The Kier molecular flexibility index (Phi) is 8.83. The molecule has 2 amide bonds. The molecule has 1 fully saturated rings. The number of hydrogen-bond donors (Lipinski definition) is 1. The summed E-state index contributed by atoms with van der Waals surface area (Å²) < 4.78 is 26.5. The van der Waals surface area contributed by atoms with Crippen molar-refractivity contribution in [3.8, 4) is 0 Å². The molecule has 0 unspecified atom stereocenters. The van der Waals surface area contributed by atoms with Crippen molar-refractivity contribution in [1.29, 1.82) is 0 Å². The van der Waals surface area contributed by atoms with Gasteiger partial charge in [-0.25, -0.2) is 8.42 Å². The van der Waals surface area contributed by atoms with Gasteiger partial charge in [-0.1, -0.05) is 48.7 Å². The van der Waals surface area contributed by atoms with Crippen LogP contribution in [0, 0.1) is 13.8 Å². The molecule has 0 saturated heterocycles. The molecule has 3 rings (SSSR count). The molecule has 0 radical (unpaired) electrons. The average molecular weight is 520 g/mol. The minimum Gasteiger partial charge on any atom is -0.352 e. The minimum atomic E-state index is -3.76. The Labute approximate surface area is 213 Å². The zero-order chi connectivity index (χ0) is 25.8. The molecule has 0 aliphatic heterocycles. The third-order valence-corrected chi connectivity index (χ3v) is 8.13. The van der Waals surface area contributed by atoms with Crippen LogP contribution in [0.4, 0.5) is 5.69 Å². The molecule has 1 N–H and O–H groups in total. The lowest BCUT2D eigenvalue weighted by Gasteiger charge is -2.32. The number of benzene rings is 2. The molecule has 7 nitrogen and oxygen atoms in total. The van der Waals surface area contributed by atoms with Crippen LogP contribution in [-0.2, 0) is 26.2 Å². The molecule has 190 valence electrons. The van der Waals surface area contributed by atoms with E-state index >= 15 is 0 Å². The van der Waals surface area contributed by atoms with Gasteiger partial charge in [0.1, 0.15) is 12.6 Å². The lowest BCUT2D eigenvalue weighted by Crippen LogP contribution is -2.52. The molecule has 9 heteroatoms. The lowest BCUT2D eigenvalue weighted by molar-refractivity contribution is -0.139. The first-order chi connectivity index (χ1) is 16.5. The summed E-state index contributed by atoms with van der Waals surface area (Å²) in [6, 6.07) is 11.7. The van der Waals surface area contributed by atoms with Gasteiger partial charge in [0, 0.05) is 17.6 Å². The summed E-state index contributed by atoms with van der Waals surface area (Å²) in [5, 5.41) is 3.52. The number of aryl methyl sites for hydroxylation is 2. The van der Waals surface area contributed by atoms with E-state index in [1.807, 2.05) is 26.0 Å². The fourth-order valence-corrected chi connectivity index (χ4v) is 5.32. The van der Waals surface area contributed by atoms with E-state index < -0.39 is 28.5 Å². The van der Waals surface area contributed by atoms with E-state index in [9.17, 15) is 18.0 Å². The Balaban J connectivity index is 1.90. The van der Waals surface area contributed by atoms with E-state index in [0.29, 0.717) is 16.3 Å². The van der Waals surface area contributed by atoms with Crippen molar-refractivity contribution >= 4 is 39.1 Å². The first-order valence-corrected chi connectivity index (χ1v) is 14.1. The van der Waals surface area contributed by atoms with Crippen LogP contribution in [0.15, 0.2) is 42.5 Å². The summed E-state index contributed by atoms with van der Waals surface area (Å²) in [4.78, 5) is 28.1. The van der Waals surface area contributed by atoms with Crippen molar-refractivity contribution in [3.63, 3.8) is 0 Å². The fraction of sp³-hybridized carbons (Fsp3) is 0.462. The van der Waals surface area contributed by atoms with Crippen molar-refractivity contribution in [2.24, 2.45) is 0 Å². The van der Waals surface area contributed by atoms with Crippen molar-refractivity contribution in [3.05, 3.63) is 64.2 Å². The lowest BCUT2D eigenvalue weighted by atomic mass is 10.1. The number of carbonyl (C=O) groups is 2. The number of anilines is 1. The number of halogens is 1. The molecule has 35 heavy (non-hydrogen) atoms. The second-order valence-electron chi connectivity index (χ2n) is 9.32. The topological polar surface area (TPSA) is 86.8 Å². The largest absolute Gasteiger partial charge is 0.352 e. The molecule has 0 heterocycles. The Morgan fingerprint density at radius 3 is 2.34 bits per heavy atom. The van der Waals surface area contributed by atoms with E-state index in [0.717, 1.165) is 47.4 Å². The highest BCUT2D eigenvalue weighted by atomic mass is 35.5. The highest BCUT2D eigenvalue weighted by molar-refractivity contribution is 7.92. The van der Waals surface area contributed by atoms with Crippen LogP contribution in [-0.4, -0.2) is 50.0 Å². The van der Waals surface area contributed by atoms with Crippen LogP contribution in [0.3, 0.4) is 0 Å². The minimum absolute atomic E-state index is 0.0856. The van der Waals surface area contributed by atoms with Gasteiger partial charge in [-0.05, 0) is 68.5 Å². The Morgan fingerprint density at radius 2 is 1.74 bits per heavy atom. The molecule has 1 aliphatic rings. The van der Waals surface area contributed by atoms with E-state index in [4.69, 9.17) is 11.6 Å². The number of nitrogens with zero attached hydrogens (tertiary/aromatic N) is 2. The molecular formula is C26H34ClN3O4S. The van der Waals surface area contributed by atoms with Gasteiger partial charge in [-0.2, -0.15) is 0 Å². The van der Waals surface area contributed by atoms with E-state index in [-0.39, 0.29) is 18.5 Å². The summed E-state index contributed by atoms with van der Waals surface area (Å²) in [6.07, 6.45) is 5.06. The van der Waals surface area contributed by atoms with Crippen LogP contribution < -0.4 is 9.62 Å². The second kappa shape index (κ2) is 11.4. The number of rotatable bonds is 9. The monoisotopic (exact) mass is 519 g/mol. The smallest absolute Gasteiger partial charge is 0.244 e. The summed E-state index contributed by atoms with van der Waals surface area (Å²) >= 11 is 6.36. The number of amides is 2. The van der Waals surface area contributed by atoms with Crippen LogP contribution in [0.25, 0.3) is 0 Å². The van der Waals surface area contributed by atoms with Crippen molar-refractivity contribution in [2.45, 2.75) is 65.1 Å². The van der Waals surface area contributed by atoms with Gasteiger partial charge in [0.15, 0.2) is 0 Å². The van der Waals surface area contributed by atoms with Gasteiger partial charge in [0.25, 0.3) is 0 Å². The summed E-state index contributed by atoms with van der Waals surface area (Å²) in [6.45, 7) is 5.15. The molecule has 1 atom stereocenters. The van der Waals surface area contributed by atoms with Crippen LogP contribution in [0.1, 0.15) is 49.3 Å². The maximum atomic E-state index is 13.6. The van der Waals surface area contributed by atoms with Crippen molar-refractivity contribution in [1.82, 2.24) is 10.2 Å². The van der Waals surface area contributed by atoms with Gasteiger partial charge in [0.2, 0.25) is 21.8 Å². The highest BCUT2D eigenvalue weighted by Crippen LogP contribution is 2.24. The average Bonchev–Trinajstić information content (AvgIpc) is 3.30. The van der Waals surface area contributed by atoms with Crippen LogP contribution in [0.2, 0.25) is 5.02 Å². The normalized spacial score (nSPS) is 15.0. The zero-order valence-electron chi connectivity index (χ0n) is 20.8. The number of nitrogens with one attached hydrogen (secondary N) is 1. The first-order valence-electron chi connectivity index (χ1n) is 11.9. The molecule has 1 saturated carbocycles. The number of sulfonamides is 1. The highest BCUT2D eigenvalue weighted by Gasteiger charge is 2.31. The Morgan fingerprint density at radius 1 is 1.09 bits per heavy atom. The Bertz CT molecular complexity index is 1180. The Hall–Kier alpha value is -2.58. The van der Waals surface area contributed by atoms with Crippen LogP contribution in [0.5, 0.6) is 0 Å². The summed E-state index contributed by atoms with van der Waals surface area (Å²) in [5.74, 6) is -0.739. The molecule has 1 aliphatic carbocycles. The molecule has 0 aromatic heterocycles. The second-order valence-corrected chi connectivity index (χ2v) is 11.6. The summed E-state index contributed by atoms with van der Waals surface area (Å²) in [5.41, 5.74) is 3.02. The van der Waals surface area contributed by atoms with Gasteiger partial charge in [0.05, 0.1) is 11.9 Å². The maximum Gasteiger partial charge on any atom is 0.244 e.